The Morgan fingerprint density at radius 3 is 1.50 bits per heavy atom. The van der Waals surface area contributed by atoms with Crippen LogP contribution in [0.25, 0.3) is 22.3 Å². The maximum absolute atomic E-state index is 12.4. The van der Waals surface area contributed by atoms with Crippen LogP contribution in [0.5, 0.6) is 0 Å². The fourth-order valence-corrected chi connectivity index (χ4v) is 18.1. The zero-order chi connectivity index (χ0) is 30.7. The third-order valence-corrected chi connectivity index (χ3v) is 18.1. The number of benzene rings is 5. The lowest BCUT2D eigenvalue weighted by Crippen LogP contribution is -2.45. The quantitative estimate of drug-likeness (QED) is 0.151. The van der Waals surface area contributed by atoms with E-state index in [0.29, 0.717) is 0 Å². The Kier molecular flexibility index (Phi) is 8.25. The summed E-state index contributed by atoms with van der Waals surface area (Å²) in [6.45, 7) is 9.64. The van der Waals surface area contributed by atoms with Crippen LogP contribution in [0.2, 0.25) is 26.2 Å². The average molecular weight is 603 g/mol. The Hall–Kier alpha value is -4.47. The zero-order valence-corrected chi connectivity index (χ0v) is 27.9. The van der Waals surface area contributed by atoms with Crippen LogP contribution in [0.3, 0.4) is 0 Å². The minimum atomic E-state index is -2.42. The second-order valence-electron chi connectivity index (χ2n) is 12.5. The monoisotopic (exact) mass is 602 g/mol. The molecule has 0 fully saturated rings. The molecule has 0 radical (unpaired) electrons. The number of hydrogen-bond donors (Lipinski definition) is 1. The molecule has 0 aliphatic carbocycles. The summed E-state index contributed by atoms with van der Waals surface area (Å²) in [5.74, 6) is 3.54. The second kappa shape index (κ2) is 12.3. The van der Waals surface area contributed by atoms with Gasteiger partial charge in [-0.15, -0.1) is 5.54 Å². The molecule has 5 aromatic carbocycles. The lowest BCUT2D eigenvalue weighted by Gasteiger charge is -2.34. The predicted molar refractivity (Wildman–Crippen MR) is 192 cm³/mol. The summed E-state index contributed by atoms with van der Waals surface area (Å²) in [5.41, 5.74) is 12.9. The van der Waals surface area contributed by atoms with Crippen LogP contribution in [0.1, 0.15) is 28.4 Å². The Balaban J connectivity index is 1.56. The predicted octanol–water partition coefficient (Wildman–Crippen LogP) is 9.93. The molecule has 5 aromatic rings. The summed E-state index contributed by atoms with van der Waals surface area (Å²) >= 11 is 0. The molecule has 0 aromatic heterocycles. The first-order chi connectivity index (χ1) is 21.3. The summed E-state index contributed by atoms with van der Waals surface area (Å²) in [7, 11) is -4.74. The standard InChI is InChI=1S/C41H38OSi2/c1-43(2,30-29-31-17-9-5-10-18-31)41-38(35-23-15-8-16-24-35)37(34-21-13-7-14-22-34)40(44(41,3)4)39(42)36-27-25-33(26-28-36)32-19-11-6-12-20-32/h5-28,39,42H,1-4H3. The highest BCUT2D eigenvalue weighted by molar-refractivity contribution is 7.14. The molecular weight excluding hydrogens is 565 g/mol. The molecule has 0 bridgehead atoms. The summed E-state index contributed by atoms with van der Waals surface area (Å²) in [5, 5.41) is 13.6. The van der Waals surface area contributed by atoms with Crippen LogP contribution < -0.4 is 0 Å². The van der Waals surface area contributed by atoms with Crippen molar-refractivity contribution in [2.45, 2.75) is 32.3 Å². The van der Waals surface area contributed by atoms with Crippen LogP contribution in [0.4, 0.5) is 0 Å². The molecule has 1 nitrogen and oxygen atoms in total. The number of allylic oxidation sites excluding steroid dienone is 2. The number of aliphatic hydroxyl groups excluding tert-OH is 1. The van der Waals surface area contributed by atoms with Gasteiger partial charge in [0.2, 0.25) is 0 Å². The summed E-state index contributed by atoms with van der Waals surface area (Å²) in [6.07, 6.45) is -0.722. The molecule has 0 saturated carbocycles. The van der Waals surface area contributed by atoms with Crippen molar-refractivity contribution in [3.63, 3.8) is 0 Å². The molecule has 1 aliphatic rings. The average Bonchev–Trinajstić information content (AvgIpc) is 3.33. The minimum absolute atomic E-state index is 0.722. The van der Waals surface area contributed by atoms with Gasteiger partial charge in [-0.3, -0.25) is 0 Å². The molecule has 1 unspecified atom stereocenters. The highest BCUT2D eigenvalue weighted by Gasteiger charge is 2.50. The Morgan fingerprint density at radius 2 is 0.977 bits per heavy atom. The van der Waals surface area contributed by atoms with Gasteiger partial charge in [0.15, 0.2) is 8.07 Å². The van der Waals surface area contributed by atoms with E-state index in [0.717, 1.165) is 22.3 Å². The van der Waals surface area contributed by atoms with Crippen molar-refractivity contribution in [2.75, 3.05) is 0 Å². The summed E-state index contributed by atoms with van der Waals surface area (Å²) < 4.78 is 0. The number of hydrogen-bond acceptors (Lipinski definition) is 1. The fourth-order valence-electron chi connectivity index (χ4n) is 6.86. The van der Waals surface area contributed by atoms with Crippen LogP contribution >= 0.6 is 0 Å². The lowest BCUT2D eigenvalue weighted by atomic mass is 9.91. The summed E-state index contributed by atoms with van der Waals surface area (Å²) in [6, 6.07) is 50.6. The van der Waals surface area contributed by atoms with Crippen molar-refractivity contribution in [3.8, 4) is 22.6 Å². The largest absolute Gasteiger partial charge is 0.384 e. The van der Waals surface area contributed by atoms with E-state index in [1.807, 2.05) is 24.3 Å². The van der Waals surface area contributed by atoms with E-state index < -0.39 is 22.3 Å². The van der Waals surface area contributed by atoms with E-state index in [9.17, 15) is 5.11 Å². The molecule has 216 valence electrons. The van der Waals surface area contributed by atoms with Crippen molar-refractivity contribution in [1.29, 1.82) is 0 Å². The second-order valence-corrected chi connectivity index (χ2v) is 21.3. The fraction of sp³-hybridized carbons (Fsp3) is 0.122. The van der Waals surface area contributed by atoms with Crippen molar-refractivity contribution in [3.05, 3.63) is 178 Å². The van der Waals surface area contributed by atoms with Gasteiger partial charge >= 0.3 is 0 Å². The summed E-state index contributed by atoms with van der Waals surface area (Å²) in [4.78, 5) is 1.49. The lowest BCUT2D eigenvalue weighted by molar-refractivity contribution is 0.223. The van der Waals surface area contributed by atoms with E-state index in [1.165, 1.54) is 32.3 Å². The minimum Gasteiger partial charge on any atom is -0.384 e. The Morgan fingerprint density at radius 1 is 0.545 bits per heavy atom. The van der Waals surface area contributed by atoms with E-state index in [4.69, 9.17) is 0 Å². The van der Waals surface area contributed by atoms with Crippen molar-refractivity contribution < 1.29 is 5.11 Å². The van der Waals surface area contributed by atoms with Crippen LogP contribution in [-0.2, 0) is 0 Å². The first-order valence-electron chi connectivity index (χ1n) is 15.3. The van der Waals surface area contributed by atoms with E-state index in [1.54, 1.807) is 0 Å². The van der Waals surface area contributed by atoms with Crippen molar-refractivity contribution >= 4 is 27.3 Å². The first-order valence-corrected chi connectivity index (χ1v) is 21.3. The van der Waals surface area contributed by atoms with Gasteiger partial charge in [0.05, 0.1) is 6.10 Å². The van der Waals surface area contributed by atoms with Crippen molar-refractivity contribution in [2.24, 2.45) is 0 Å². The van der Waals surface area contributed by atoms with Gasteiger partial charge in [-0.05, 0) is 56.3 Å². The first kappa shape index (κ1) is 29.6. The third kappa shape index (κ3) is 5.73. The van der Waals surface area contributed by atoms with Crippen LogP contribution in [0.15, 0.2) is 156 Å². The zero-order valence-electron chi connectivity index (χ0n) is 25.9. The maximum atomic E-state index is 12.4. The van der Waals surface area contributed by atoms with Gasteiger partial charge in [0.1, 0.15) is 8.07 Å². The van der Waals surface area contributed by atoms with Gasteiger partial charge in [0, 0.05) is 5.56 Å². The van der Waals surface area contributed by atoms with Crippen molar-refractivity contribution in [1.82, 2.24) is 0 Å². The molecule has 1 atom stereocenters. The van der Waals surface area contributed by atoms with Gasteiger partial charge in [-0.25, -0.2) is 0 Å². The van der Waals surface area contributed by atoms with Gasteiger partial charge in [0.25, 0.3) is 0 Å². The molecule has 3 heteroatoms. The molecule has 1 N–H and O–H groups in total. The van der Waals surface area contributed by atoms with Gasteiger partial charge in [-0.2, -0.15) is 0 Å². The van der Waals surface area contributed by atoms with E-state index >= 15 is 0 Å². The number of rotatable bonds is 6. The molecular formula is C41H38OSi2. The molecule has 6 rings (SSSR count). The van der Waals surface area contributed by atoms with Crippen LogP contribution in [-0.4, -0.2) is 21.3 Å². The van der Waals surface area contributed by atoms with E-state index in [-0.39, 0.29) is 0 Å². The highest BCUT2D eigenvalue weighted by atomic mass is 28.4. The SMILES string of the molecule is C[Si](C)(C#Cc1ccccc1)C1=C(c2ccccc2)C(c2ccccc2)=C(C(O)c2ccc(-c3ccccc3)cc2)[Si]1(C)C. The Labute approximate surface area is 264 Å². The topological polar surface area (TPSA) is 20.2 Å². The molecule has 0 saturated heterocycles. The molecule has 1 heterocycles. The normalized spacial score (nSPS) is 15.1. The van der Waals surface area contributed by atoms with Gasteiger partial charge < -0.3 is 5.11 Å². The smallest absolute Gasteiger partial charge is 0.156 e. The third-order valence-electron chi connectivity index (χ3n) is 8.72. The van der Waals surface area contributed by atoms with Crippen LogP contribution in [0, 0.1) is 11.5 Å². The highest BCUT2D eigenvalue weighted by Crippen LogP contribution is 2.54. The maximum Gasteiger partial charge on any atom is 0.156 e. The van der Waals surface area contributed by atoms with Gasteiger partial charge in [-0.1, -0.05) is 170 Å². The Bertz CT molecular complexity index is 1880. The molecule has 1 aliphatic heterocycles. The molecule has 0 amide bonds. The van der Waals surface area contributed by atoms with E-state index in [2.05, 4.69) is 159 Å². The molecule has 0 spiro atoms. The molecule has 44 heavy (non-hydrogen) atoms. The number of aliphatic hydroxyl groups is 1.